The fraction of sp³-hybridized carbons (Fsp3) is 0.167. The van der Waals surface area contributed by atoms with Crippen LogP contribution in [0.1, 0.15) is 10.6 Å². The van der Waals surface area contributed by atoms with E-state index in [1.807, 2.05) is 0 Å². The Labute approximate surface area is 62.7 Å². The number of carboxylic acid groups (broad SMARTS) is 1. The Morgan fingerprint density at radius 1 is 1.73 bits per heavy atom. The van der Waals surface area contributed by atoms with Gasteiger partial charge in [0.1, 0.15) is 0 Å². The molecule has 0 aliphatic rings. The van der Waals surface area contributed by atoms with Gasteiger partial charge in [0, 0.05) is 12.3 Å². The minimum Gasteiger partial charge on any atom is -0.481 e. The van der Waals surface area contributed by atoms with Crippen molar-refractivity contribution in [1.29, 1.82) is 0 Å². The van der Waals surface area contributed by atoms with Crippen LogP contribution in [0, 0.1) is 0 Å². The van der Waals surface area contributed by atoms with Crippen molar-refractivity contribution in [2.45, 2.75) is 0 Å². The van der Waals surface area contributed by atoms with Crippen molar-refractivity contribution < 1.29 is 14.6 Å². The number of ether oxygens (including phenoxy) is 1. The molecule has 0 radical (unpaired) electrons. The molecule has 0 amide bonds. The Balaban J connectivity index is 3.01. The number of rotatable bonds is 2. The predicted octanol–water partition coefficient (Wildman–Crippen LogP) is 0.183. The molecule has 0 unspecified atom stereocenters. The second-order valence-corrected chi connectivity index (χ2v) is 1.73. The molecule has 58 valence electrons. The Morgan fingerprint density at radius 2 is 2.45 bits per heavy atom. The second-order valence-electron chi connectivity index (χ2n) is 1.73. The summed E-state index contributed by atoms with van der Waals surface area (Å²) in [6.45, 7) is 0. The zero-order valence-electron chi connectivity index (χ0n) is 5.81. The number of hydrogen-bond acceptors (Lipinski definition) is 4. The van der Waals surface area contributed by atoms with Crippen LogP contribution in [0.3, 0.4) is 0 Å². The summed E-state index contributed by atoms with van der Waals surface area (Å²) >= 11 is 0. The van der Waals surface area contributed by atoms with Crippen molar-refractivity contribution in [3.63, 3.8) is 0 Å². The van der Waals surface area contributed by atoms with Gasteiger partial charge in [0.25, 0.3) is 0 Å². The summed E-state index contributed by atoms with van der Waals surface area (Å²) in [5.74, 6) is -1.18. The molecule has 0 saturated heterocycles. The molecule has 1 aromatic rings. The van der Waals surface area contributed by atoms with Crippen LogP contribution in [0.2, 0.25) is 0 Å². The van der Waals surface area contributed by atoms with Crippen molar-refractivity contribution in [2.75, 3.05) is 7.11 Å². The van der Waals surface area contributed by atoms with Crippen molar-refractivity contribution in [3.05, 3.63) is 18.1 Å². The van der Waals surface area contributed by atoms with E-state index < -0.39 is 5.97 Å². The molecule has 0 fully saturated rings. The molecular weight excluding hydrogens is 148 g/mol. The lowest BCUT2D eigenvalue weighted by atomic mass is 10.5. The van der Waals surface area contributed by atoms with E-state index in [0.29, 0.717) is 0 Å². The molecule has 11 heavy (non-hydrogen) atoms. The van der Waals surface area contributed by atoms with Gasteiger partial charge in [-0.05, 0) is 0 Å². The van der Waals surface area contributed by atoms with Crippen LogP contribution >= 0.6 is 0 Å². The predicted molar refractivity (Wildman–Crippen MR) is 35.5 cm³/mol. The molecule has 1 heterocycles. The van der Waals surface area contributed by atoms with Crippen LogP contribution in [0.4, 0.5) is 0 Å². The quantitative estimate of drug-likeness (QED) is 0.657. The highest BCUT2D eigenvalue weighted by atomic mass is 16.5. The first-order chi connectivity index (χ1) is 5.24. The first kappa shape index (κ1) is 7.46. The van der Waals surface area contributed by atoms with Crippen molar-refractivity contribution in [1.82, 2.24) is 9.97 Å². The number of aromatic carboxylic acids is 1. The van der Waals surface area contributed by atoms with Crippen LogP contribution in [0.15, 0.2) is 12.3 Å². The van der Waals surface area contributed by atoms with E-state index >= 15 is 0 Å². The zero-order valence-corrected chi connectivity index (χ0v) is 5.81. The third-order valence-corrected chi connectivity index (χ3v) is 1.03. The number of methoxy groups -OCH3 is 1. The average molecular weight is 154 g/mol. The number of nitrogens with zero attached hydrogens (tertiary/aromatic N) is 2. The maximum Gasteiger partial charge on any atom is 0.374 e. The van der Waals surface area contributed by atoms with E-state index in [9.17, 15) is 4.79 Å². The highest BCUT2D eigenvalue weighted by Gasteiger charge is 2.05. The SMILES string of the molecule is COc1ccnc(C(=O)O)n1. The molecule has 0 aliphatic heterocycles. The van der Waals surface area contributed by atoms with Gasteiger partial charge >= 0.3 is 5.97 Å². The molecule has 0 aromatic carbocycles. The zero-order chi connectivity index (χ0) is 8.27. The standard InChI is InChI=1S/C6H6N2O3/c1-11-4-2-3-7-5(8-4)6(9)10/h2-3H,1H3,(H,9,10). The van der Waals surface area contributed by atoms with Gasteiger partial charge in [0.2, 0.25) is 11.7 Å². The van der Waals surface area contributed by atoms with Crippen LogP contribution in [0.5, 0.6) is 5.88 Å². The Bertz CT molecular complexity index is 274. The highest BCUT2D eigenvalue weighted by molar-refractivity contribution is 5.83. The maximum atomic E-state index is 10.3. The van der Waals surface area contributed by atoms with E-state index in [1.165, 1.54) is 19.4 Å². The van der Waals surface area contributed by atoms with Crippen LogP contribution in [-0.4, -0.2) is 28.2 Å². The number of hydrogen-bond donors (Lipinski definition) is 1. The van der Waals surface area contributed by atoms with E-state index in [2.05, 4.69) is 9.97 Å². The lowest BCUT2D eigenvalue weighted by molar-refractivity contribution is 0.0682. The summed E-state index contributed by atoms with van der Waals surface area (Å²) in [5.41, 5.74) is 0. The third-order valence-electron chi connectivity index (χ3n) is 1.03. The third kappa shape index (κ3) is 1.64. The minimum atomic E-state index is -1.16. The summed E-state index contributed by atoms with van der Waals surface area (Å²) < 4.78 is 4.69. The second kappa shape index (κ2) is 2.96. The molecule has 0 aliphatic carbocycles. The molecular formula is C6H6N2O3. The van der Waals surface area contributed by atoms with Crippen LogP contribution in [-0.2, 0) is 0 Å². The topological polar surface area (TPSA) is 72.3 Å². The summed E-state index contributed by atoms with van der Waals surface area (Å²) in [4.78, 5) is 17.3. The van der Waals surface area contributed by atoms with E-state index in [1.54, 1.807) is 0 Å². The summed E-state index contributed by atoms with van der Waals surface area (Å²) in [7, 11) is 1.41. The molecule has 1 aromatic heterocycles. The molecule has 0 bridgehead atoms. The van der Waals surface area contributed by atoms with E-state index in [4.69, 9.17) is 9.84 Å². The van der Waals surface area contributed by atoms with Gasteiger partial charge in [-0.25, -0.2) is 9.78 Å². The van der Waals surface area contributed by atoms with Gasteiger partial charge in [-0.3, -0.25) is 0 Å². The Hall–Kier alpha value is -1.65. The Kier molecular flexibility index (Phi) is 2.00. The van der Waals surface area contributed by atoms with E-state index in [0.717, 1.165) is 0 Å². The molecule has 5 heteroatoms. The number of carboxylic acids is 1. The molecule has 0 spiro atoms. The number of aromatic nitrogens is 2. The van der Waals surface area contributed by atoms with Crippen molar-refractivity contribution in [2.24, 2.45) is 0 Å². The fourth-order valence-corrected chi connectivity index (χ4v) is 0.559. The van der Waals surface area contributed by atoms with Crippen molar-refractivity contribution >= 4 is 5.97 Å². The molecule has 5 nitrogen and oxygen atoms in total. The molecule has 1 N–H and O–H groups in total. The Morgan fingerprint density at radius 3 is 3.00 bits per heavy atom. The minimum absolute atomic E-state index is 0.248. The molecule has 0 saturated carbocycles. The van der Waals surface area contributed by atoms with Gasteiger partial charge < -0.3 is 9.84 Å². The van der Waals surface area contributed by atoms with Gasteiger partial charge in [-0.1, -0.05) is 0 Å². The lowest BCUT2D eigenvalue weighted by Gasteiger charge is -1.96. The largest absolute Gasteiger partial charge is 0.481 e. The summed E-state index contributed by atoms with van der Waals surface area (Å²) in [6.07, 6.45) is 1.33. The summed E-state index contributed by atoms with van der Waals surface area (Å²) in [5, 5.41) is 8.42. The van der Waals surface area contributed by atoms with Gasteiger partial charge in [-0.2, -0.15) is 4.98 Å². The highest BCUT2D eigenvalue weighted by Crippen LogP contribution is 2.02. The first-order valence-corrected chi connectivity index (χ1v) is 2.84. The monoisotopic (exact) mass is 154 g/mol. The van der Waals surface area contributed by atoms with Gasteiger partial charge in [-0.15, -0.1) is 0 Å². The summed E-state index contributed by atoms with van der Waals surface area (Å²) in [6, 6.07) is 1.48. The molecule has 0 atom stereocenters. The van der Waals surface area contributed by atoms with Gasteiger partial charge in [0.15, 0.2) is 0 Å². The molecule has 1 rings (SSSR count). The normalized spacial score (nSPS) is 9.18. The number of carbonyl (C=O) groups is 1. The van der Waals surface area contributed by atoms with Crippen molar-refractivity contribution in [3.8, 4) is 5.88 Å². The maximum absolute atomic E-state index is 10.3. The van der Waals surface area contributed by atoms with Crippen LogP contribution < -0.4 is 4.74 Å². The average Bonchev–Trinajstić information content (AvgIpc) is 2.05. The van der Waals surface area contributed by atoms with Crippen LogP contribution in [0.25, 0.3) is 0 Å². The first-order valence-electron chi connectivity index (χ1n) is 2.84. The van der Waals surface area contributed by atoms with E-state index in [-0.39, 0.29) is 11.7 Å². The lowest BCUT2D eigenvalue weighted by Crippen LogP contribution is -2.04. The van der Waals surface area contributed by atoms with Gasteiger partial charge in [0.05, 0.1) is 7.11 Å². The smallest absolute Gasteiger partial charge is 0.374 e. The fourth-order valence-electron chi connectivity index (χ4n) is 0.559.